The van der Waals surface area contributed by atoms with Gasteiger partial charge in [0, 0.05) is 6.42 Å². The van der Waals surface area contributed by atoms with Gasteiger partial charge < -0.3 is 9.85 Å². The molecular weight excluding hydrogens is 294 g/mol. The van der Waals surface area contributed by atoms with E-state index in [0.29, 0.717) is 6.42 Å². The minimum absolute atomic E-state index is 0.155. The maximum absolute atomic E-state index is 10.5. The average molecular weight is 334 g/mol. The summed E-state index contributed by atoms with van der Waals surface area (Å²) in [6, 6.07) is 0. The molecule has 0 spiro atoms. The molecule has 0 aliphatic carbocycles. The lowest BCUT2D eigenvalue weighted by Crippen LogP contribution is -2.09. The Morgan fingerprint density at radius 2 is 1.05 bits per heavy atom. The van der Waals surface area contributed by atoms with Crippen molar-refractivity contribution in [2.45, 2.75) is 96.8 Å². The minimum atomic E-state index is -0.155. The molecule has 0 bridgehead atoms. The van der Waals surface area contributed by atoms with Gasteiger partial charge in [-0.15, -0.1) is 0 Å². The van der Waals surface area contributed by atoms with Crippen LogP contribution in [0.3, 0.4) is 0 Å². The lowest BCUT2D eigenvalue weighted by Gasteiger charge is -2.02. The van der Waals surface area contributed by atoms with Crippen molar-refractivity contribution in [1.82, 2.24) is 0 Å². The van der Waals surface area contributed by atoms with Crippen molar-refractivity contribution in [3.63, 3.8) is 0 Å². The first-order valence-electron chi connectivity index (χ1n) is 8.87. The Balaban J connectivity index is 0. The number of primary amides is 1. The number of amides is 1. The maximum atomic E-state index is 10.5. The SMILES string of the molecule is CCCCCCCCCCCCCCCC(N)=O.[SiH3]O[SiH3]. The largest absolute Gasteiger partial charge is 0.471 e. The fraction of sp³-hybridized carbons (Fsp3) is 0.938. The van der Waals surface area contributed by atoms with Gasteiger partial charge in [-0.2, -0.15) is 0 Å². The van der Waals surface area contributed by atoms with Crippen molar-refractivity contribution in [2.75, 3.05) is 0 Å². The molecule has 0 saturated carbocycles. The van der Waals surface area contributed by atoms with Crippen LogP contribution >= 0.6 is 0 Å². The van der Waals surface area contributed by atoms with Crippen molar-refractivity contribution < 1.29 is 8.91 Å². The number of carbonyl (C=O) groups is 1. The summed E-state index contributed by atoms with van der Waals surface area (Å²) >= 11 is 0. The summed E-state index contributed by atoms with van der Waals surface area (Å²) in [7, 11) is 1.86. The molecule has 3 nitrogen and oxygen atoms in total. The van der Waals surface area contributed by atoms with E-state index in [0.717, 1.165) is 27.4 Å². The van der Waals surface area contributed by atoms with Gasteiger partial charge in [-0.3, -0.25) is 4.79 Å². The molecule has 0 aromatic rings. The smallest absolute Gasteiger partial charge is 0.217 e. The summed E-state index contributed by atoms with van der Waals surface area (Å²) < 4.78 is 4.53. The second-order valence-corrected chi connectivity index (χ2v) is 9.13. The molecule has 0 aromatic heterocycles. The van der Waals surface area contributed by atoms with E-state index in [-0.39, 0.29) is 5.91 Å². The Labute approximate surface area is 138 Å². The van der Waals surface area contributed by atoms with E-state index >= 15 is 0 Å². The highest BCUT2D eigenvalue weighted by atomic mass is 28.3. The summed E-state index contributed by atoms with van der Waals surface area (Å²) in [6.45, 7) is 2.27. The van der Waals surface area contributed by atoms with E-state index in [4.69, 9.17) is 5.73 Å². The quantitative estimate of drug-likeness (QED) is 0.392. The normalized spacial score (nSPS) is 10.3. The van der Waals surface area contributed by atoms with E-state index in [1.807, 2.05) is 0 Å². The van der Waals surface area contributed by atoms with Crippen LogP contribution in [0, 0.1) is 0 Å². The fourth-order valence-electron chi connectivity index (χ4n) is 2.32. The lowest BCUT2D eigenvalue weighted by molar-refractivity contribution is -0.118. The van der Waals surface area contributed by atoms with Gasteiger partial charge >= 0.3 is 0 Å². The van der Waals surface area contributed by atoms with E-state index in [1.165, 1.54) is 77.0 Å². The molecule has 21 heavy (non-hydrogen) atoms. The molecule has 0 aliphatic rings. The molecule has 5 heteroatoms. The molecule has 128 valence electrons. The molecule has 0 aliphatic heterocycles. The van der Waals surface area contributed by atoms with Crippen molar-refractivity contribution in [3.8, 4) is 0 Å². The van der Waals surface area contributed by atoms with Crippen LogP contribution in [0.15, 0.2) is 0 Å². The maximum Gasteiger partial charge on any atom is 0.217 e. The summed E-state index contributed by atoms with van der Waals surface area (Å²) in [5, 5.41) is 0. The minimum Gasteiger partial charge on any atom is -0.471 e. The van der Waals surface area contributed by atoms with Crippen LogP contribution in [0.4, 0.5) is 0 Å². The van der Waals surface area contributed by atoms with Crippen molar-refractivity contribution in [1.29, 1.82) is 0 Å². The monoisotopic (exact) mass is 333 g/mol. The van der Waals surface area contributed by atoms with Gasteiger partial charge in [0.25, 0.3) is 0 Å². The number of rotatable bonds is 14. The third kappa shape index (κ3) is 28.7. The van der Waals surface area contributed by atoms with Crippen molar-refractivity contribution in [3.05, 3.63) is 0 Å². The van der Waals surface area contributed by atoms with Crippen LogP contribution < -0.4 is 5.73 Å². The van der Waals surface area contributed by atoms with Gasteiger partial charge in [-0.25, -0.2) is 0 Å². The van der Waals surface area contributed by atoms with Gasteiger partial charge in [0.05, 0.1) is 0 Å². The summed E-state index contributed by atoms with van der Waals surface area (Å²) in [4.78, 5) is 10.5. The highest BCUT2D eigenvalue weighted by molar-refractivity contribution is 6.15. The first-order chi connectivity index (χ1) is 10.2. The molecule has 0 unspecified atom stereocenters. The molecular formula is C16H39NO2Si2. The van der Waals surface area contributed by atoms with E-state index in [9.17, 15) is 4.79 Å². The van der Waals surface area contributed by atoms with Crippen molar-refractivity contribution in [2.24, 2.45) is 5.73 Å². The third-order valence-corrected chi connectivity index (χ3v) is 3.53. The van der Waals surface area contributed by atoms with Gasteiger partial charge in [-0.05, 0) is 6.42 Å². The zero-order valence-electron chi connectivity index (χ0n) is 14.8. The third-order valence-electron chi connectivity index (χ3n) is 3.53. The number of hydrogen-bond donors (Lipinski definition) is 1. The zero-order valence-corrected chi connectivity index (χ0v) is 18.8. The Hall–Kier alpha value is -0.136. The highest BCUT2D eigenvalue weighted by Gasteiger charge is 1.95. The Morgan fingerprint density at radius 1 is 0.762 bits per heavy atom. The van der Waals surface area contributed by atoms with E-state index in [1.54, 1.807) is 0 Å². The van der Waals surface area contributed by atoms with Crippen molar-refractivity contribution >= 4 is 26.9 Å². The van der Waals surface area contributed by atoms with Crippen LogP contribution in [-0.4, -0.2) is 26.9 Å². The molecule has 0 atom stereocenters. The van der Waals surface area contributed by atoms with Gasteiger partial charge in [0.15, 0.2) is 0 Å². The summed E-state index contributed by atoms with van der Waals surface area (Å²) in [6.07, 6.45) is 17.9. The van der Waals surface area contributed by atoms with Gasteiger partial charge in [-0.1, -0.05) is 84.0 Å². The van der Waals surface area contributed by atoms with Crippen LogP contribution in [0.2, 0.25) is 0 Å². The predicted octanol–water partition coefficient (Wildman–Crippen LogP) is 2.52. The molecule has 0 radical (unpaired) electrons. The number of carbonyl (C=O) groups excluding carboxylic acids is 1. The first-order valence-corrected chi connectivity index (χ1v) is 10.5. The molecule has 0 rings (SSSR count). The van der Waals surface area contributed by atoms with Crippen LogP contribution in [0.25, 0.3) is 0 Å². The molecule has 0 saturated heterocycles. The summed E-state index contributed by atoms with van der Waals surface area (Å²) in [5.41, 5.74) is 5.09. The van der Waals surface area contributed by atoms with Crippen LogP contribution in [0.1, 0.15) is 96.8 Å². The van der Waals surface area contributed by atoms with Crippen LogP contribution in [0.5, 0.6) is 0 Å². The first kappa shape index (κ1) is 23.1. The standard InChI is InChI=1S/C16H33NO.H6OSi2/c1-2-3-4-5-6-7-8-9-10-11-12-13-14-15-16(17)18;2-1-3/h2-15H2,1H3,(H2,17,18);2-3H3. The van der Waals surface area contributed by atoms with E-state index < -0.39 is 0 Å². The highest BCUT2D eigenvalue weighted by Crippen LogP contribution is 2.12. The number of unbranched alkanes of at least 4 members (excludes halogenated alkanes) is 12. The molecule has 0 heterocycles. The second-order valence-electron chi connectivity index (χ2n) is 5.87. The lowest BCUT2D eigenvalue weighted by atomic mass is 10.0. The number of hydrogen-bond acceptors (Lipinski definition) is 2. The molecule has 0 fully saturated rings. The Kier molecular flexibility index (Phi) is 24.4. The topological polar surface area (TPSA) is 52.3 Å². The van der Waals surface area contributed by atoms with Gasteiger partial charge in [0.2, 0.25) is 5.91 Å². The molecule has 1 amide bonds. The molecule has 2 N–H and O–H groups in total. The number of nitrogens with two attached hydrogens (primary N) is 1. The summed E-state index contributed by atoms with van der Waals surface area (Å²) in [5.74, 6) is -0.155. The zero-order chi connectivity index (χ0) is 16.2. The predicted molar refractivity (Wildman–Crippen MR) is 100 cm³/mol. The van der Waals surface area contributed by atoms with Gasteiger partial charge in [0.1, 0.15) is 21.0 Å². The fourth-order valence-corrected chi connectivity index (χ4v) is 2.32. The molecule has 0 aromatic carbocycles. The second kappa shape index (κ2) is 22.1. The Bertz CT molecular complexity index is 205. The van der Waals surface area contributed by atoms with E-state index in [2.05, 4.69) is 11.0 Å². The Morgan fingerprint density at radius 3 is 1.33 bits per heavy atom. The van der Waals surface area contributed by atoms with Crippen LogP contribution in [-0.2, 0) is 8.91 Å². The average Bonchev–Trinajstić information content (AvgIpc) is 2.44.